The molecular formula is C15H12O5. The van der Waals surface area contributed by atoms with Crippen molar-refractivity contribution in [1.29, 1.82) is 0 Å². The largest absolute Gasteiger partial charge is 0.495 e. The van der Waals surface area contributed by atoms with E-state index < -0.39 is 11.9 Å². The molecule has 0 N–H and O–H groups in total. The Morgan fingerprint density at radius 3 is 1.80 bits per heavy atom. The van der Waals surface area contributed by atoms with E-state index in [1.165, 1.54) is 14.2 Å². The maximum Gasteiger partial charge on any atom is 0.350 e. The first kappa shape index (κ1) is 11.5. The number of carbonyl (C=O) groups is 2. The standard InChI is InChI=1S/C15H12O5/c1-18-12-8-6-3-4-7(5-6)9(8)13(19-2)11-10(12)14(16)20-15(11)17/h3-4,6-7H,5H2,1-2H3. The Kier molecular flexibility index (Phi) is 2.09. The van der Waals surface area contributed by atoms with Crippen LogP contribution in [0.25, 0.3) is 0 Å². The van der Waals surface area contributed by atoms with Crippen molar-refractivity contribution in [2.75, 3.05) is 14.2 Å². The molecule has 2 bridgehead atoms. The molecule has 0 radical (unpaired) electrons. The van der Waals surface area contributed by atoms with E-state index in [1.54, 1.807) is 0 Å². The molecule has 1 aliphatic heterocycles. The van der Waals surface area contributed by atoms with E-state index in [-0.39, 0.29) is 23.0 Å². The number of methoxy groups -OCH3 is 2. The summed E-state index contributed by atoms with van der Waals surface area (Å²) in [5.74, 6) is 0.0386. The summed E-state index contributed by atoms with van der Waals surface area (Å²) >= 11 is 0. The average molecular weight is 272 g/mol. The molecule has 0 saturated heterocycles. The zero-order valence-electron chi connectivity index (χ0n) is 11.1. The molecule has 20 heavy (non-hydrogen) atoms. The lowest BCUT2D eigenvalue weighted by Gasteiger charge is -2.20. The fourth-order valence-corrected chi connectivity index (χ4v) is 3.60. The SMILES string of the molecule is COc1c2c(c(OC)c3c1C1C=CC3C1)C(=O)OC2=O. The first-order chi connectivity index (χ1) is 9.67. The Bertz CT molecular complexity index is 644. The Balaban J connectivity index is 2.14. The third-order valence-electron chi connectivity index (χ3n) is 4.31. The highest BCUT2D eigenvalue weighted by molar-refractivity contribution is 6.18. The van der Waals surface area contributed by atoms with Gasteiger partial charge in [0.2, 0.25) is 0 Å². The second-order valence-corrected chi connectivity index (χ2v) is 5.15. The summed E-state index contributed by atoms with van der Waals surface area (Å²) in [6, 6.07) is 0. The van der Waals surface area contributed by atoms with Crippen molar-refractivity contribution in [3.05, 3.63) is 34.4 Å². The highest BCUT2D eigenvalue weighted by Crippen LogP contribution is 2.58. The highest BCUT2D eigenvalue weighted by atomic mass is 16.6. The van der Waals surface area contributed by atoms with Crippen LogP contribution in [0.1, 0.15) is 50.1 Å². The Hall–Kier alpha value is -2.30. The summed E-state index contributed by atoms with van der Waals surface area (Å²) in [4.78, 5) is 23.9. The van der Waals surface area contributed by atoms with Gasteiger partial charge in [0.05, 0.1) is 14.2 Å². The van der Waals surface area contributed by atoms with Crippen molar-refractivity contribution in [3.63, 3.8) is 0 Å². The predicted octanol–water partition coefficient (Wildman–Crippen LogP) is 2.16. The Labute approximate surface area is 115 Å². The van der Waals surface area contributed by atoms with Crippen molar-refractivity contribution in [2.24, 2.45) is 0 Å². The molecule has 2 aliphatic carbocycles. The van der Waals surface area contributed by atoms with Crippen LogP contribution >= 0.6 is 0 Å². The van der Waals surface area contributed by atoms with Gasteiger partial charge in [0.25, 0.3) is 0 Å². The van der Waals surface area contributed by atoms with E-state index >= 15 is 0 Å². The minimum atomic E-state index is -0.658. The van der Waals surface area contributed by atoms with Crippen molar-refractivity contribution >= 4 is 11.9 Å². The molecular weight excluding hydrogens is 260 g/mol. The number of allylic oxidation sites excluding steroid dienone is 2. The predicted molar refractivity (Wildman–Crippen MR) is 68.5 cm³/mol. The number of cyclic esters (lactones) is 2. The molecule has 0 saturated carbocycles. The van der Waals surface area contributed by atoms with Gasteiger partial charge in [-0.2, -0.15) is 0 Å². The van der Waals surface area contributed by atoms with Gasteiger partial charge in [-0.1, -0.05) is 12.2 Å². The van der Waals surface area contributed by atoms with E-state index in [1.807, 2.05) is 0 Å². The van der Waals surface area contributed by atoms with E-state index in [9.17, 15) is 9.59 Å². The third kappa shape index (κ3) is 1.13. The number of carbonyl (C=O) groups excluding carboxylic acids is 2. The van der Waals surface area contributed by atoms with E-state index in [2.05, 4.69) is 12.2 Å². The molecule has 2 unspecified atom stereocenters. The molecule has 0 spiro atoms. The maximum absolute atomic E-state index is 11.9. The number of ether oxygens (including phenoxy) is 3. The molecule has 0 amide bonds. The number of rotatable bonds is 2. The molecule has 102 valence electrons. The summed E-state index contributed by atoms with van der Waals surface area (Å²) in [5.41, 5.74) is 2.33. The van der Waals surface area contributed by atoms with Crippen LogP contribution in [0.4, 0.5) is 0 Å². The van der Waals surface area contributed by atoms with Gasteiger partial charge in [-0.15, -0.1) is 0 Å². The summed E-state index contributed by atoms with van der Waals surface area (Å²) in [5, 5.41) is 0. The van der Waals surface area contributed by atoms with Crippen LogP contribution in [0.5, 0.6) is 11.5 Å². The van der Waals surface area contributed by atoms with Crippen molar-refractivity contribution in [3.8, 4) is 11.5 Å². The normalized spacial score (nSPS) is 24.7. The van der Waals surface area contributed by atoms with Gasteiger partial charge in [0.15, 0.2) is 0 Å². The fourth-order valence-electron chi connectivity index (χ4n) is 3.60. The Morgan fingerprint density at radius 2 is 1.40 bits per heavy atom. The van der Waals surface area contributed by atoms with Crippen LogP contribution in [-0.2, 0) is 4.74 Å². The maximum atomic E-state index is 11.9. The monoisotopic (exact) mass is 272 g/mol. The molecule has 3 aliphatic rings. The number of esters is 2. The quantitative estimate of drug-likeness (QED) is 0.469. The van der Waals surface area contributed by atoms with Gasteiger partial charge in [0.1, 0.15) is 22.6 Å². The van der Waals surface area contributed by atoms with Crippen LogP contribution in [0.15, 0.2) is 12.2 Å². The minimum Gasteiger partial charge on any atom is -0.495 e. The highest BCUT2D eigenvalue weighted by Gasteiger charge is 2.46. The lowest BCUT2D eigenvalue weighted by atomic mass is 9.89. The van der Waals surface area contributed by atoms with Crippen molar-refractivity contribution < 1.29 is 23.8 Å². The number of benzene rings is 1. The lowest BCUT2D eigenvalue weighted by Crippen LogP contribution is -2.08. The number of hydrogen-bond acceptors (Lipinski definition) is 5. The number of hydrogen-bond donors (Lipinski definition) is 0. The third-order valence-corrected chi connectivity index (χ3v) is 4.31. The molecule has 1 aromatic carbocycles. The molecule has 2 atom stereocenters. The fraction of sp³-hybridized carbons (Fsp3) is 0.333. The first-order valence-corrected chi connectivity index (χ1v) is 6.44. The molecule has 5 heteroatoms. The van der Waals surface area contributed by atoms with Gasteiger partial charge in [-0.05, 0) is 6.42 Å². The van der Waals surface area contributed by atoms with Crippen LogP contribution in [0, 0.1) is 0 Å². The van der Waals surface area contributed by atoms with E-state index in [4.69, 9.17) is 14.2 Å². The summed E-state index contributed by atoms with van der Waals surface area (Å²) in [7, 11) is 3.02. The molecule has 5 nitrogen and oxygen atoms in total. The summed E-state index contributed by atoms with van der Waals surface area (Å²) < 4.78 is 15.6. The van der Waals surface area contributed by atoms with Gasteiger partial charge < -0.3 is 14.2 Å². The van der Waals surface area contributed by atoms with Crippen LogP contribution in [-0.4, -0.2) is 26.2 Å². The average Bonchev–Trinajstić information content (AvgIpc) is 3.12. The smallest absolute Gasteiger partial charge is 0.350 e. The first-order valence-electron chi connectivity index (χ1n) is 6.44. The van der Waals surface area contributed by atoms with Gasteiger partial charge in [0, 0.05) is 23.0 Å². The topological polar surface area (TPSA) is 61.8 Å². The van der Waals surface area contributed by atoms with Gasteiger partial charge in [-0.25, -0.2) is 9.59 Å². The van der Waals surface area contributed by atoms with E-state index in [0.29, 0.717) is 11.5 Å². The Morgan fingerprint density at radius 1 is 0.950 bits per heavy atom. The van der Waals surface area contributed by atoms with Gasteiger partial charge >= 0.3 is 11.9 Å². The molecule has 1 heterocycles. The van der Waals surface area contributed by atoms with Crippen molar-refractivity contribution in [1.82, 2.24) is 0 Å². The molecule has 4 rings (SSSR count). The number of fused-ring (bicyclic) bond motifs is 6. The summed E-state index contributed by atoms with van der Waals surface area (Å²) in [6.07, 6.45) is 5.17. The molecule has 1 aromatic rings. The summed E-state index contributed by atoms with van der Waals surface area (Å²) in [6.45, 7) is 0. The molecule has 0 aromatic heterocycles. The molecule has 0 fully saturated rings. The second-order valence-electron chi connectivity index (χ2n) is 5.15. The van der Waals surface area contributed by atoms with Gasteiger partial charge in [-0.3, -0.25) is 0 Å². The minimum absolute atomic E-state index is 0.203. The van der Waals surface area contributed by atoms with Crippen LogP contribution in [0.2, 0.25) is 0 Å². The second kappa shape index (κ2) is 3.62. The zero-order chi connectivity index (χ0) is 14.0. The zero-order valence-corrected chi connectivity index (χ0v) is 11.1. The lowest BCUT2D eigenvalue weighted by molar-refractivity contribution is 0.0442. The van der Waals surface area contributed by atoms with Crippen molar-refractivity contribution in [2.45, 2.75) is 18.3 Å². The van der Waals surface area contributed by atoms with Crippen LogP contribution in [0.3, 0.4) is 0 Å². The van der Waals surface area contributed by atoms with E-state index in [0.717, 1.165) is 17.5 Å². The van der Waals surface area contributed by atoms with Crippen LogP contribution < -0.4 is 9.47 Å².